The highest BCUT2D eigenvalue weighted by Crippen LogP contribution is 2.14. The van der Waals surface area contributed by atoms with Gasteiger partial charge >= 0.3 is 0 Å². The molecule has 6 heteroatoms. The van der Waals surface area contributed by atoms with Gasteiger partial charge in [-0.1, -0.05) is 0 Å². The zero-order valence-electron chi connectivity index (χ0n) is 12.1. The van der Waals surface area contributed by atoms with E-state index in [0.29, 0.717) is 12.2 Å². The zero-order chi connectivity index (χ0) is 14.7. The molecule has 3 rings (SSSR count). The van der Waals surface area contributed by atoms with Crippen LogP contribution in [0.1, 0.15) is 16.4 Å². The van der Waals surface area contributed by atoms with Crippen molar-refractivity contribution in [2.24, 2.45) is 0 Å². The van der Waals surface area contributed by atoms with E-state index < -0.39 is 0 Å². The summed E-state index contributed by atoms with van der Waals surface area (Å²) in [5.41, 5.74) is 1.70. The first-order chi connectivity index (χ1) is 10.2. The van der Waals surface area contributed by atoms with Crippen LogP contribution >= 0.6 is 11.3 Å². The second-order valence-electron chi connectivity index (χ2n) is 5.34. The minimum absolute atomic E-state index is 0.210. The number of hydrogen-bond acceptors (Lipinski definition) is 5. The Balaban J connectivity index is 1.50. The van der Waals surface area contributed by atoms with Crippen LogP contribution in [0.25, 0.3) is 0 Å². The molecule has 0 bridgehead atoms. The van der Waals surface area contributed by atoms with Gasteiger partial charge in [0.05, 0.1) is 16.4 Å². The third-order valence-electron chi connectivity index (χ3n) is 3.73. The standard InChI is InChI=1S/C15H19FN4S/c1-12-18-13(11-21-12)9-19-5-7-20(8-6-19)10-15-14(16)3-2-4-17-15/h2-4,11H,5-10H2,1H3. The first-order valence-corrected chi connectivity index (χ1v) is 8.04. The summed E-state index contributed by atoms with van der Waals surface area (Å²) in [5, 5.41) is 3.25. The van der Waals surface area contributed by atoms with Crippen molar-refractivity contribution >= 4 is 11.3 Å². The van der Waals surface area contributed by atoms with Gasteiger partial charge in [-0.05, 0) is 19.1 Å². The molecule has 2 aromatic rings. The Morgan fingerprint density at radius 3 is 2.52 bits per heavy atom. The second kappa shape index (κ2) is 6.60. The summed E-state index contributed by atoms with van der Waals surface area (Å²) in [4.78, 5) is 13.3. The van der Waals surface area contributed by atoms with E-state index in [9.17, 15) is 4.39 Å². The SMILES string of the molecule is Cc1nc(CN2CCN(Cc3ncccc3F)CC2)cs1. The van der Waals surface area contributed by atoms with Crippen LogP contribution in [0.15, 0.2) is 23.7 Å². The smallest absolute Gasteiger partial charge is 0.146 e. The third kappa shape index (κ3) is 3.84. The maximum atomic E-state index is 13.6. The maximum Gasteiger partial charge on any atom is 0.146 e. The number of aryl methyl sites for hydroxylation is 1. The summed E-state index contributed by atoms with van der Waals surface area (Å²) in [6, 6.07) is 3.11. The normalized spacial score (nSPS) is 17.2. The Labute approximate surface area is 128 Å². The average molecular weight is 306 g/mol. The number of aromatic nitrogens is 2. The van der Waals surface area contributed by atoms with Crippen molar-refractivity contribution in [3.05, 3.63) is 45.9 Å². The highest BCUT2D eigenvalue weighted by molar-refractivity contribution is 7.09. The fourth-order valence-electron chi connectivity index (χ4n) is 2.56. The number of pyridine rings is 1. The van der Waals surface area contributed by atoms with Crippen molar-refractivity contribution in [3.63, 3.8) is 0 Å². The summed E-state index contributed by atoms with van der Waals surface area (Å²) < 4.78 is 13.6. The summed E-state index contributed by atoms with van der Waals surface area (Å²) in [6.07, 6.45) is 1.65. The van der Waals surface area contributed by atoms with Crippen molar-refractivity contribution in [2.75, 3.05) is 26.2 Å². The minimum atomic E-state index is -0.210. The van der Waals surface area contributed by atoms with E-state index in [4.69, 9.17) is 0 Å². The van der Waals surface area contributed by atoms with Crippen molar-refractivity contribution in [2.45, 2.75) is 20.0 Å². The average Bonchev–Trinajstić information content (AvgIpc) is 2.89. The maximum absolute atomic E-state index is 13.6. The van der Waals surface area contributed by atoms with Crippen molar-refractivity contribution in [1.82, 2.24) is 19.8 Å². The quantitative estimate of drug-likeness (QED) is 0.867. The predicted molar refractivity (Wildman–Crippen MR) is 81.6 cm³/mol. The van der Waals surface area contributed by atoms with Crippen LogP contribution in [0, 0.1) is 12.7 Å². The molecule has 0 atom stereocenters. The van der Waals surface area contributed by atoms with Crippen LogP contribution in [-0.4, -0.2) is 45.9 Å². The van der Waals surface area contributed by atoms with E-state index >= 15 is 0 Å². The van der Waals surface area contributed by atoms with Gasteiger partial charge in [0.15, 0.2) is 0 Å². The molecule has 0 radical (unpaired) electrons. The largest absolute Gasteiger partial charge is 0.295 e. The van der Waals surface area contributed by atoms with Crippen LogP contribution in [-0.2, 0) is 13.1 Å². The van der Waals surface area contributed by atoms with Gasteiger partial charge in [-0.25, -0.2) is 9.37 Å². The van der Waals surface area contributed by atoms with Crippen LogP contribution in [0.2, 0.25) is 0 Å². The Hall–Kier alpha value is -1.37. The van der Waals surface area contributed by atoms with Gasteiger partial charge in [-0.15, -0.1) is 11.3 Å². The number of rotatable bonds is 4. The molecule has 0 unspecified atom stereocenters. The molecule has 112 valence electrons. The van der Waals surface area contributed by atoms with Gasteiger partial charge in [-0.3, -0.25) is 14.8 Å². The van der Waals surface area contributed by atoms with Crippen molar-refractivity contribution < 1.29 is 4.39 Å². The first kappa shape index (κ1) is 14.6. The lowest BCUT2D eigenvalue weighted by Gasteiger charge is -2.34. The van der Waals surface area contributed by atoms with E-state index in [-0.39, 0.29) is 5.82 Å². The molecule has 1 aliphatic rings. The zero-order valence-corrected chi connectivity index (χ0v) is 12.9. The molecule has 0 aromatic carbocycles. The third-order valence-corrected chi connectivity index (χ3v) is 4.55. The molecule has 1 aliphatic heterocycles. The first-order valence-electron chi connectivity index (χ1n) is 7.16. The van der Waals surface area contributed by atoms with E-state index in [1.54, 1.807) is 23.6 Å². The van der Waals surface area contributed by atoms with Crippen LogP contribution in [0.4, 0.5) is 4.39 Å². The van der Waals surface area contributed by atoms with Gasteiger partial charge in [0, 0.05) is 50.8 Å². The van der Waals surface area contributed by atoms with Crippen LogP contribution < -0.4 is 0 Å². The van der Waals surface area contributed by atoms with Gasteiger partial charge in [0.1, 0.15) is 5.82 Å². The van der Waals surface area contributed by atoms with Crippen LogP contribution in [0.3, 0.4) is 0 Å². The van der Waals surface area contributed by atoms with E-state index in [2.05, 4.69) is 25.1 Å². The highest BCUT2D eigenvalue weighted by atomic mass is 32.1. The monoisotopic (exact) mass is 306 g/mol. The Kier molecular flexibility index (Phi) is 4.57. The lowest BCUT2D eigenvalue weighted by molar-refractivity contribution is 0.119. The molecule has 0 aliphatic carbocycles. The van der Waals surface area contributed by atoms with Gasteiger partial charge < -0.3 is 0 Å². The molecule has 3 heterocycles. The summed E-state index contributed by atoms with van der Waals surface area (Å²) in [5.74, 6) is -0.210. The summed E-state index contributed by atoms with van der Waals surface area (Å²) in [7, 11) is 0. The Bertz CT molecular complexity index is 593. The Morgan fingerprint density at radius 1 is 1.19 bits per heavy atom. The van der Waals surface area contributed by atoms with Gasteiger partial charge in [0.25, 0.3) is 0 Å². The molecule has 0 N–H and O–H groups in total. The molecule has 0 amide bonds. The second-order valence-corrected chi connectivity index (χ2v) is 6.40. The molecular weight excluding hydrogens is 287 g/mol. The lowest BCUT2D eigenvalue weighted by atomic mass is 10.2. The molecule has 1 fully saturated rings. The topological polar surface area (TPSA) is 32.3 Å². The van der Waals surface area contributed by atoms with E-state index in [0.717, 1.165) is 43.4 Å². The number of hydrogen-bond donors (Lipinski definition) is 0. The number of nitrogens with zero attached hydrogens (tertiary/aromatic N) is 4. The van der Waals surface area contributed by atoms with Crippen LogP contribution in [0.5, 0.6) is 0 Å². The number of halogens is 1. The molecule has 1 saturated heterocycles. The fraction of sp³-hybridized carbons (Fsp3) is 0.467. The summed E-state index contributed by atoms with van der Waals surface area (Å²) >= 11 is 1.70. The Morgan fingerprint density at radius 2 is 1.90 bits per heavy atom. The van der Waals surface area contributed by atoms with Gasteiger partial charge in [0.2, 0.25) is 0 Å². The molecular formula is C15H19FN4S. The van der Waals surface area contributed by atoms with Crippen molar-refractivity contribution in [1.29, 1.82) is 0 Å². The number of thiazole rings is 1. The van der Waals surface area contributed by atoms with E-state index in [1.165, 1.54) is 6.07 Å². The summed E-state index contributed by atoms with van der Waals surface area (Å²) in [6.45, 7) is 7.41. The predicted octanol–water partition coefficient (Wildman–Crippen LogP) is 2.30. The fourth-order valence-corrected chi connectivity index (χ4v) is 3.17. The molecule has 2 aromatic heterocycles. The van der Waals surface area contributed by atoms with Gasteiger partial charge in [-0.2, -0.15) is 0 Å². The molecule has 21 heavy (non-hydrogen) atoms. The molecule has 4 nitrogen and oxygen atoms in total. The minimum Gasteiger partial charge on any atom is -0.295 e. The molecule has 0 saturated carbocycles. The molecule has 0 spiro atoms. The van der Waals surface area contributed by atoms with Crippen molar-refractivity contribution in [3.8, 4) is 0 Å². The lowest BCUT2D eigenvalue weighted by Crippen LogP contribution is -2.45. The van der Waals surface area contributed by atoms with E-state index in [1.807, 2.05) is 6.92 Å². The number of piperazine rings is 1. The highest BCUT2D eigenvalue weighted by Gasteiger charge is 2.19.